The largest absolute Gasteiger partial charge is 0.491 e. The zero-order chi connectivity index (χ0) is 16.3. The van der Waals surface area contributed by atoms with Gasteiger partial charge in [-0.2, -0.15) is 0 Å². The Balaban J connectivity index is 2.33. The van der Waals surface area contributed by atoms with Gasteiger partial charge in [-0.05, 0) is 13.1 Å². The lowest BCUT2D eigenvalue weighted by molar-refractivity contribution is 0.292. The van der Waals surface area contributed by atoms with Crippen LogP contribution in [-0.2, 0) is 0 Å². The molecule has 22 heavy (non-hydrogen) atoms. The Morgan fingerprint density at radius 1 is 1.05 bits per heavy atom. The van der Waals surface area contributed by atoms with Gasteiger partial charge in [0, 0.05) is 13.1 Å². The molecule has 0 amide bonds. The van der Waals surface area contributed by atoms with E-state index in [2.05, 4.69) is 29.4 Å². The Labute approximate surface area is 131 Å². The first kappa shape index (κ1) is 16.4. The Morgan fingerprint density at radius 3 is 2.09 bits per heavy atom. The van der Waals surface area contributed by atoms with Gasteiger partial charge in [-0.1, -0.05) is 13.8 Å². The zero-order valence-corrected chi connectivity index (χ0v) is 13.8. The predicted octanol–water partition coefficient (Wildman–Crippen LogP) is 1.42. The van der Waals surface area contributed by atoms with E-state index in [1.54, 1.807) is 14.2 Å². The van der Waals surface area contributed by atoms with Gasteiger partial charge in [0.1, 0.15) is 11.4 Å². The predicted molar refractivity (Wildman–Crippen MR) is 92.1 cm³/mol. The van der Waals surface area contributed by atoms with Gasteiger partial charge in [0.05, 0.1) is 31.6 Å². The van der Waals surface area contributed by atoms with Crippen LogP contribution in [0.1, 0.15) is 13.8 Å². The number of nitrogens with two attached hydrogens (primary N) is 2. The average molecular weight is 309 g/mol. The normalized spacial score (nSPS) is 16.7. The summed E-state index contributed by atoms with van der Waals surface area (Å²) in [6.45, 7) is 8.08. The number of nitrogen functional groups attached to an aromatic ring is 2. The number of methoxy groups -OCH3 is 2. The molecule has 0 saturated carbocycles. The molecular formula is C15H27N5O2. The van der Waals surface area contributed by atoms with Gasteiger partial charge in [0.25, 0.3) is 0 Å². The fourth-order valence-corrected chi connectivity index (χ4v) is 2.86. The van der Waals surface area contributed by atoms with E-state index in [9.17, 15) is 0 Å². The molecule has 124 valence electrons. The van der Waals surface area contributed by atoms with Crippen molar-refractivity contribution in [1.29, 1.82) is 0 Å². The monoisotopic (exact) mass is 309 g/mol. The van der Waals surface area contributed by atoms with Crippen LogP contribution >= 0.6 is 0 Å². The molecule has 1 atom stereocenters. The van der Waals surface area contributed by atoms with Gasteiger partial charge in [0.15, 0.2) is 11.5 Å². The first-order chi connectivity index (χ1) is 10.6. The van der Waals surface area contributed by atoms with Crippen LogP contribution in [0.5, 0.6) is 11.5 Å². The number of nitrogens with zero attached hydrogens (tertiary/aromatic N) is 1. The fraction of sp³-hybridized carbons (Fsp3) is 0.600. The van der Waals surface area contributed by atoms with Crippen molar-refractivity contribution in [3.8, 4) is 11.5 Å². The van der Waals surface area contributed by atoms with E-state index >= 15 is 0 Å². The standard InChI is InChI=1S/C15H27N5O2/c1-5-20(6-2)8-9-7-18-12-10(16)14(21-3)15(22-4)11(17)13(12)19-9/h9,18-19H,5-8,16-17H2,1-4H3. The Hall–Kier alpha value is -2.02. The van der Waals surface area contributed by atoms with Crippen LogP contribution in [0.2, 0.25) is 0 Å². The minimum atomic E-state index is 0.257. The molecule has 1 aromatic carbocycles. The van der Waals surface area contributed by atoms with Crippen molar-refractivity contribution in [2.24, 2.45) is 0 Å². The van der Waals surface area contributed by atoms with E-state index in [1.165, 1.54) is 0 Å². The molecular weight excluding hydrogens is 282 g/mol. The quantitative estimate of drug-likeness (QED) is 0.590. The molecule has 0 bridgehead atoms. The van der Waals surface area contributed by atoms with E-state index in [0.717, 1.165) is 37.6 Å². The molecule has 2 rings (SSSR count). The number of nitrogens with one attached hydrogen (secondary N) is 2. The number of anilines is 4. The number of fused-ring (bicyclic) bond motifs is 1. The molecule has 1 unspecified atom stereocenters. The lowest BCUT2D eigenvalue weighted by atomic mass is 10.1. The maximum atomic E-state index is 6.24. The second kappa shape index (κ2) is 6.83. The fourth-order valence-electron chi connectivity index (χ4n) is 2.86. The molecule has 6 N–H and O–H groups in total. The van der Waals surface area contributed by atoms with Crippen molar-refractivity contribution >= 4 is 22.7 Å². The number of hydrogen-bond donors (Lipinski definition) is 4. The van der Waals surface area contributed by atoms with Gasteiger partial charge in [0.2, 0.25) is 0 Å². The van der Waals surface area contributed by atoms with Gasteiger partial charge >= 0.3 is 0 Å². The molecule has 7 nitrogen and oxygen atoms in total. The maximum Gasteiger partial charge on any atom is 0.188 e. The first-order valence-electron chi connectivity index (χ1n) is 7.62. The summed E-state index contributed by atoms with van der Waals surface area (Å²) in [6.07, 6.45) is 0. The summed E-state index contributed by atoms with van der Waals surface area (Å²) in [5.74, 6) is 0.937. The number of rotatable bonds is 6. The second-order valence-corrected chi connectivity index (χ2v) is 5.35. The van der Waals surface area contributed by atoms with Gasteiger partial charge in [-0.25, -0.2) is 0 Å². The van der Waals surface area contributed by atoms with Gasteiger partial charge < -0.3 is 36.5 Å². The number of benzene rings is 1. The molecule has 7 heteroatoms. The van der Waals surface area contributed by atoms with E-state index in [4.69, 9.17) is 20.9 Å². The maximum absolute atomic E-state index is 6.24. The zero-order valence-electron chi connectivity index (χ0n) is 13.8. The highest BCUT2D eigenvalue weighted by Crippen LogP contribution is 2.50. The van der Waals surface area contributed by atoms with Crippen molar-refractivity contribution in [3.05, 3.63) is 0 Å². The highest BCUT2D eigenvalue weighted by molar-refractivity contribution is 5.98. The van der Waals surface area contributed by atoms with Crippen molar-refractivity contribution in [1.82, 2.24) is 4.90 Å². The third kappa shape index (κ3) is 2.81. The molecule has 0 radical (unpaired) electrons. The van der Waals surface area contributed by atoms with Crippen molar-refractivity contribution in [3.63, 3.8) is 0 Å². The topological polar surface area (TPSA) is 97.8 Å². The lowest BCUT2D eigenvalue weighted by Gasteiger charge is -2.34. The number of likely N-dealkylation sites (N-methyl/N-ethyl adjacent to an activating group) is 1. The van der Waals surface area contributed by atoms with Crippen LogP contribution in [0.25, 0.3) is 0 Å². The highest BCUT2D eigenvalue weighted by atomic mass is 16.5. The second-order valence-electron chi connectivity index (χ2n) is 5.35. The van der Waals surface area contributed by atoms with E-state index in [-0.39, 0.29) is 6.04 Å². The van der Waals surface area contributed by atoms with E-state index in [1.807, 2.05) is 0 Å². The molecule has 0 aliphatic carbocycles. The molecule has 1 aromatic rings. The molecule has 0 saturated heterocycles. The SMILES string of the molecule is CCN(CC)CC1CNc2c(N)c(OC)c(OC)c(N)c2N1. The first-order valence-corrected chi connectivity index (χ1v) is 7.62. The highest BCUT2D eigenvalue weighted by Gasteiger charge is 2.28. The summed E-state index contributed by atoms with van der Waals surface area (Å²) in [6, 6.07) is 0.257. The molecule has 1 heterocycles. The number of hydrogen-bond acceptors (Lipinski definition) is 7. The Morgan fingerprint density at radius 2 is 1.59 bits per heavy atom. The summed E-state index contributed by atoms with van der Waals surface area (Å²) in [5, 5.41) is 6.86. The van der Waals surface area contributed by atoms with Gasteiger partial charge in [-0.3, -0.25) is 0 Å². The van der Waals surface area contributed by atoms with Crippen LogP contribution in [0.4, 0.5) is 22.7 Å². The Kier molecular flexibility index (Phi) is 5.07. The van der Waals surface area contributed by atoms with Crippen LogP contribution in [0.15, 0.2) is 0 Å². The molecule has 0 spiro atoms. The Bertz CT molecular complexity index is 531. The minimum Gasteiger partial charge on any atom is -0.491 e. The molecule has 1 aliphatic heterocycles. The lowest BCUT2D eigenvalue weighted by Crippen LogP contribution is -2.43. The summed E-state index contributed by atoms with van der Waals surface area (Å²) in [7, 11) is 3.11. The van der Waals surface area contributed by atoms with Gasteiger partial charge in [-0.15, -0.1) is 0 Å². The number of ether oxygens (including phenoxy) is 2. The molecule has 1 aliphatic rings. The van der Waals surface area contributed by atoms with E-state index in [0.29, 0.717) is 22.9 Å². The van der Waals surface area contributed by atoms with Crippen LogP contribution < -0.4 is 31.6 Å². The van der Waals surface area contributed by atoms with Crippen molar-refractivity contribution in [2.75, 3.05) is 62.5 Å². The minimum absolute atomic E-state index is 0.257. The average Bonchev–Trinajstić information content (AvgIpc) is 2.55. The molecule has 0 fully saturated rings. The smallest absolute Gasteiger partial charge is 0.188 e. The van der Waals surface area contributed by atoms with E-state index < -0.39 is 0 Å². The summed E-state index contributed by atoms with van der Waals surface area (Å²) >= 11 is 0. The van der Waals surface area contributed by atoms with Crippen molar-refractivity contribution in [2.45, 2.75) is 19.9 Å². The summed E-state index contributed by atoms with van der Waals surface area (Å²) in [5.41, 5.74) is 15.0. The summed E-state index contributed by atoms with van der Waals surface area (Å²) < 4.78 is 10.7. The van der Waals surface area contributed by atoms with Crippen molar-refractivity contribution < 1.29 is 9.47 Å². The third-order valence-corrected chi connectivity index (χ3v) is 4.14. The van der Waals surface area contributed by atoms with Crippen LogP contribution in [0, 0.1) is 0 Å². The molecule has 0 aromatic heterocycles. The third-order valence-electron chi connectivity index (χ3n) is 4.14. The van der Waals surface area contributed by atoms with Crippen LogP contribution in [0.3, 0.4) is 0 Å². The summed E-state index contributed by atoms with van der Waals surface area (Å²) in [4.78, 5) is 2.37. The van der Waals surface area contributed by atoms with Crippen LogP contribution in [-0.4, -0.2) is 51.3 Å².